The van der Waals surface area contributed by atoms with Gasteiger partial charge in [0.2, 0.25) is 5.91 Å². The van der Waals surface area contributed by atoms with E-state index < -0.39 is 0 Å². The monoisotopic (exact) mass is 257 g/mol. The highest BCUT2D eigenvalue weighted by atomic mass is 35.5. The third-order valence-electron chi connectivity index (χ3n) is 4.65. The Morgan fingerprint density at radius 1 is 1.41 bits per heavy atom. The molecular weight excluding hydrogens is 234 g/mol. The number of alkyl halides is 1. The first-order valence-electron chi connectivity index (χ1n) is 7.08. The molecule has 2 nitrogen and oxygen atoms in total. The van der Waals surface area contributed by atoms with Crippen molar-refractivity contribution in [1.29, 1.82) is 0 Å². The van der Waals surface area contributed by atoms with Crippen molar-refractivity contribution < 1.29 is 4.79 Å². The van der Waals surface area contributed by atoms with E-state index in [1.807, 2.05) is 0 Å². The number of hydrogen-bond acceptors (Lipinski definition) is 1. The van der Waals surface area contributed by atoms with Gasteiger partial charge >= 0.3 is 0 Å². The molecule has 98 valence electrons. The molecule has 0 saturated heterocycles. The van der Waals surface area contributed by atoms with Gasteiger partial charge in [-0.25, -0.2) is 0 Å². The second-order valence-electron chi connectivity index (χ2n) is 5.79. The zero-order chi connectivity index (χ0) is 12.3. The Kier molecular flexibility index (Phi) is 4.72. The molecule has 2 aliphatic carbocycles. The van der Waals surface area contributed by atoms with Crippen LogP contribution in [0.2, 0.25) is 0 Å². The van der Waals surface area contributed by atoms with Crippen molar-refractivity contribution in [3.63, 3.8) is 0 Å². The maximum absolute atomic E-state index is 12.0. The highest BCUT2D eigenvalue weighted by molar-refractivity contribution is 6.17. The molecule has 2 bridgehead atoms. The lowest BCUT2D eigenvalue weighted by atomic mass is 9.86. The number of nitrogens with one attached hydrogen (secondary N) is 1. The van der Waals surface area contributed by atoms with Crippen LogP contribution in [0.15, 0.2) is 0 Å². The molecule has 4 atom stereocenters. The molecule has 0 spiro atoms. The largest absolute Gasteiger partial charge is 0.353 e. The number of fused-ring (bicyclic) bond motifs is 2. The molecular formula is C14H24ClNO. The van der Waals surface area contributed by atoms with Crippen LogP contribution in [0.5, 0.6) is 0 Å². The van der Waals surface area contributed by atoms with E-state index in [1.165, 1.54) is 25.7 Å². The van der Waals surface area contributed by atoms with E-state index in [0.29, 0.717) is 11.8 Å². The van der Waals surface area contributed by atoms with Crippen LogP contribution in [0.3, 0.4) is 0 Å². The molecule has 0 aliphatic heterocycles. The number of carbonyl (C=O) groups is 1. The summed E-state index contributed by atoms with van der Waals surface area (Å²) < 4.78 is 0. The van der Waals surface area contributed by atoms with E-state index >= 15 is 0 Å². The first-order valence-corrected chi connectivity index (χ1v) is 7.61. The smallest absolute Gasteiger partial charge is 0.220 e. The summed E-state index contributed by atoms with van der Waals surface area (Å²) in [5, 5.41) is 3.13. The molecule has 1 amide bonds. The fourth-order valence-electron chi connectivity index (χ4n) is 3.66. The number of carbonyl (C=O) groups excluding carboxylic acids is 1. The van der Waals surface area contributed by atoms with Gasteiger partial charge in [-0.1, -0.05) is 13.3 Å². The van der Waals surface area contributed by atoms with Gasteiger partial charge < -0.3 is 5.32 Å². The minimum Gasteiger partial charge on any atom is -0.353 e. The van der Waals surface area contributed by atoms with Gasteiger partial charge in [0.15, 0.2) is 0 Å². The molecule has 0 aromatic carbocycles. The highest BCUT2D eigenvalue weighted by Gasteiger charge is 2.40. The van der Waals surface area contributed by atoms with Gasteiger partial charge in [-0.15, -0.1) is 11.6 Å². The normalized spacial score (nSPS) is 32.7. The molecule has 2 fully saturated rings. The summed E-state index contributed by atoms with van der Waals surface area (Å²) in [6.07, 6.45) is 8.07. The summed E-state index contributed by atoms with van der Waals surface area (Å²) in [5.41, 5.74) is 0. The maximum Gasteiger partial charge on any atom is 0.220 e. The Morgan fingerprint density at radius 3 is 2.76 bits per heavy atom. The first kappa shape index (κ1) is 13.2. The lowest BCUT2D eigenvalue weighted by Gasteiger charge is -2.22. The first-order chi connectivity index (χ1) is 8.22. The number of hydrogen-bond donors (Lipinski definition) is 1. The van der Waals surface area contributed by atoms with E-state index in [9.17, 15) is 4.79 Å². The fourth-order valence-corrected chi connectivity index (χ4v) is 3.92. The quantitative estimate of drug-likeness (QED) is 0.727. The standard InChI is InChI=1S/C14H24ClNO/c1-2-13(5-6-15)16-14(17)9-12-8-10-3-4-11(12)7-10/h10-13H,2-9H2,1H3,(H,16,17). The molecule has 0 aromatic heterocycles. The topological polar surface area (TPSA) is 29.1 Å². The van der Waals surface area contributed by atoms with Crippen molar-refractivity contribution in [2.75, 3.05) is 5.88 Å². The summed E-state index contributed by atoms with van der Waals surface area (Å²) in [4.78, 5) is 12.0. The summed E-state index contributed by atoms with van der Waals surface area (Å²) >= 11 is 5.73. The van der Waals surface area contributed by atoms with Gasteiger partial charge in [0.25, 0.3) is 0 Å². The molecule has 2 aliphatic rings. The lowest BCUT2D eigenvalue weighted by molar-refractivity contribution is -0.123. The molecule has 0 heterocycles. The zero-order valence-corrected chi connectivity index (χ0v) is 11.5. The molecule has 1 N–H and O–H groups in total. The van der Waals surface area contributed by atoms with Gasteiger partial charge in [0.05, 0.1) is 0 Å². The second kappa shape index (κ2) is 6.08. The van der Waals surface area contributed by atoms with E-state index in [0.717, 1.165) is 31.1 Å². The average Bonchev–Trinajstić information content (AvgIpc) is 2.90. The van der Waals surface area contributed by atoms with Crippen LogP contribution in [0.25, 0.3) is 0 Å². The molecule has 4 unspecified atom stereocenters. The van der Waals surface area contributed by atoms with Gasteiger partial charge in [-0.3, -0.25) is 4.79 Å². The highest BCUT2D eigenvalue weighted by Crippen LogP contribution is 2.49. The van der Waals surface area contributed by atoms with Crippen LogP contribution >= 0.6 is 11.6 Å². The Balaban J connectivity index is 1.73. The molecule has 0 radical (unpaired) electrons. The average molecular weight is 258 g/mol. The van der Waals surface area contributed by atoms with Crippen LogP contribution in [0.4, 0.5) is 0 Å². The molecule has 2 saturated carbocycles. The van der Waals surface area contributed by atoms with E-state index in [4.69, 9.17) is 11.6 Å². The van der Waals surface area contributed by atoms with Crippen LogP contribution < -0.4 is 5.32 Å². The number of rotatable bonds is 6. The van der Waals surface area contributed by atoms with Gasteiger partial charge in [-0.05, 0) is 49.9 Å². The predicted octanol–water partition coefficient (Wildman–Crippen LogP) is 3.34. The Hall–Kier alpha value is -0.240. The van der Waals surface area contributed by atoms with Crippen LogP contribution in [0, 0.1) is 17.8 Å². The Morgan fingerprint density at radius 2 is 2.24 bits per heavy atom. The van der Waals surface area contributed by atoms with Crippen molar-refractivity contribution in [3.05, 3.63) is 0 Å². The predicted molar refractivity (Wildman–Crippen MR) is 71.1 cm³/mol. The SMILES string of the molecule is CCC(CCCl)NC(=O)CC1CC2CCC1C2. The summed E-state index contributed by atoms with van der Waals surface area (Å²) in [6, 6.07) is 0.276. The second-order valence-corrected chi connectivity index (χ2v) is 6.17. The van der Waals surface area contributed by atoms with Gasteiger partial charge in [0, 0.05) is 18.3 Å². The third-order valence-corrected chi connectivity index (χ3v) is 4.87. The zero-order valence-electron chi connectivity index (χ0n) is 10.8. The molecule has 2 rings (SSSR count). The molecule has 17 heavy (non-hydrogen) atoms. The van der Waals surface area contributed by atoms with Crippen molar-refractivity contribution in [2.45, 2.75) is 57.9 Å². The molecule has 0 aromatic rings. The van der Waals surface area contributed by atoms with E-state index in [1.54, 1.807) is 0 Å². The minimum absolute atomic E-state index is 0.250. The van der Waals surface area contributed by atoms with E-state index in [-0.39, 0.29) is 11.9 Å². The van der Waals surface area contributed by atoms with Crippen LogP contribution in [-0.2, 0) is 4.79 Å². The lowest BCUT2D eigenvalue weighted by Crippen LogP contribution is -2.36. The minimum atomic E-state index is 0.250. The van der Waals surface area contributed by atoms with Gasteiger partial charge in [-0.2, -0.15) is 0 Å². The number of halogens is 1. The Labute approximate surface area is 109 Å². The summed E-state index contributed by atoms with van der Waals surface area (Å²) in [6.45, 7) is 2.11. The summed E-state index contributed by atoms with van der Waals surface area (Å²) in [7, 11) is 0. The Bertz CT molecular complexity index is 269. The van der Waals surface area contributed by atoms with Crippen molar-refractivity contribution in [2.24, 2.45) is 17.8 Å². The number of amides is 1. The van der Waals surface area contributed by atoms with Crippen molar-refractivity contribution >= 4 is 17.5 Å². The maximum atomic E-state index is 12.0. The third kappa shape index (κ3) is 3.37. The van der Waals surface area contributed by atoms with Crippen LogP contribution in [0.1, 0.15) is 51.9 Å². The molecule has 3 heteroatoms. The van der Waals surface area contributed by atoms with Crippen molar-refractivity contribution in [3.8, 4) is 0 Å². The van der Waals surface area contributed by atoms with Crippen molar-refractivity contribution in [1.82, 2.24) is 5.32 Å². The van der Waals surface area contributed by atoms with Crippen LogP contribution in [-0.4, -0.2) is 17.8 Å². The van der Waals surface area contributed by atoms with E-state index in [2.05, 4.69) is 12.2 Å². The summed E-state index contributed by atoms with van der Waals surface area (Å²) in [5.74, 6) is 3.33. The van der Waals surface area contributed by atoms with Gasteiger partial charge in [0.1, 0.15) is 0 Å². The fraction of sp³-hybridized carbons (Fsp3) is 0.929.